The van der Waals surface area contributed by atoms with Crippen LogP contribution in [0.1, 0.15) is 5.89 Å². The molecular weight excluding hydrogens is 288 g/mol. The van der Waals surface area contributed by atoms with E-state index in [1.807, 2.05) is 6.07 Å². The number of aromatic nitrogens is 1. The molecule has 0 saturated heterocycles. The quantitative estimate of drug-likeness (QED) is 0.750. The van der Waals surface area contributed by atoms with Crippen molar-refractivity contribution in [3.8, 4) is 5.75 Å². The molecule has 2 N–H and O–H groups in total. The topological polar surface area (TPSA) is 78.3 Å². The highest BCUT2D eigenvalue weighted by Crippen LogP contribution is 2.22. The molecule has 1 unspecified atom stereocenters. The fourth-order valence-corrected chi connectivity index (χ4v) is 2.98. The predicted octanol–water partition coefficient (Wildman–Crippen LogP) is 2.73. The first-order valence-electron chi connectivity index (χ1n) is 6.33. The maximum atomic E-state index is 12.4. The van der Waals surface area contributed by atoms with Gasteiger partial charge >= 0.3 is 0 Å². The summed E-state index contributed by atoms with van der Waals surface area (Å²) >= 11 is 0. The molecule has 3 rings (SSSR count). The zero-order valence-electron chi connectivity index (χ0n) is 11.4. The first-order chi connectivity index (χ1) is 10.2. The van der Waals surface area contributed by atoms with Crippen molar-refractivity contribution in [3.63, 3.8) is 0 Å². The molecule has 1 heterocycles. The Morgan fingerprint density at radius 3 is 2.95 bits per heavy atom. The number of ether oxygens (including phenoxy) is 1. The van der Waals surface area contributed by atoms with Crippen LogP contribution in [0, 0.1) is 0 Å². The van der Waals surface area contributed by atoms with Crippen molar-refractivity contribution >= 4 is 27.6 Å². The fourth-order valence-electron chi connectivity index (χ4n) is 1.99. The van der Waals surface area contributed by atoms with Gasteiger partial charge in [-0.3, -0.25) is 4.21 Å². The van der Waals surface area contributed by atoms with E-state index in [1.54, 1.807) is 43.5 Å². The average molecular weight is 302 g/mol. The molecule has 0 fully saturated rings. The number of benzene rings is 2. The van der Waals surface area contributed by atoms with Crippen molar-refractivity contribution in [3.05, 3.63) is 48.4 Å². The molecule has 0 spiro atoms. The average Bonchev–Trinajstić information content (AvgIpc) is 2.88. The lowest BCUT2D eigenvalue weighted by Crippen LogP contribution is -1.97. The van der Waals surface area contributed by atoms with Crippen LogP contribution in [0.3, 0.4) is 0 Å². The lowest BCUT2D eigenvalue weighted by Gasteiger charge is -2.03. The summed E-state index contributed by atoms with van der Waals surface area (Å²) in [6, 6.07) is 12.4. The van der Waals surface area contributed by atoms with Gasteiger partial charge in [0.2, 0.25) is 5.89 Å². The molecule has 5 nitrogen and oxygen atoms in total. The van der Waals surface area contributed by atoms with Gasteiger partial charge in [0.15, 0.2) is 5.58 Å². The van der Waals surface area contributed by atoms with Crippen molar-refractivity contribution < 1.29 is 13.4 Å². The van der Waals surface area contributed by atoms with Crippen molar-refractivity contribution in [2.45, 2.75) is 10.6 Å². The summed E-state index contributed by atoms with van der Waals surface area (Å²) in [4.78, 5) is 4.99. The molecule has 0 bridgehead atoms. The Morgan fingerprint density at radius 2 is 2.14 bits per heavy atom. The predicted molar refractivity (Wildman–Crippen MR) is 81.5 cm³/mol. The number of nitrogens with two attached hydrogens (primary N) is 1. The number of nitrogen functional groups attached to an aromatic ring is 1. The standard InChI is InChI=1S/C15H14N2O3S/c1-19-11-3-2-4-12(8-11)21(18)9-15-17-13-6-5-10(16)7-14(13)20-15/h2-8H,9,16H2,1H3. The van der Waals surface area contributed by atoms with Gasteiger partial charge in [0.25, 0.3) is 0 Å². The highest BCUT2D eigenvalue weighted by atomic mass is 32.2. The lowest BCUT2D eigenvalue weighted by atomic mass is 10.3. The van der Waals surface area contributed by atoms with E-state index < -0.39 is 10.8 Å². The van der Waals surface area contributed by atoms with Crippen LogP contribution in [0.2, 0.25) is 0 Å². The van der Waals surface area contributed by atoms with Gasteiger partial charge in [-0.25, -0.2) is 4.98 Å². The first-order valence-corrected chi connectivity index (χ1v) is 7.65. The third-order valence-electron chi connectivity index (χ3n) is 3.02. The number of hydrogen-bond acceptors (Lipinski definition) is 5. The molecule has 0 saturated carbocycles. The summed E-state index contributed by atoms with van der Waals surface area (Å²) in [6.45, 7) is 0. The number of anilines is 1. The van der Waals surface area contributed by atoms with Crippen molar-refractivity contribution in [1.82, 2.24) is 4.98 Å². The van der Waals surface area contributed by atoms with Gasteiger partial charge in [-0.15, -0.1) is 0 Å². The molecule has 6 heteroatoms. The zero-order chi connectivity index (χ0) is 14.8. The van der Waals surface area contributed by atoms with Crippen LogP contribution in [0.15, 0.2) is 51.8 Å². The maximum Gasteiger partial charge on any atom is 0.208 e. The van der Waals surface area contributed by atoms with Crippen LogP contribution >= 0.6 is 0 Å². The van der Waals surface area contributed by atoms with E-state index in [-0.39, 0.29) is 5.75 Å². The summed E-state index contributed by atoms with van der Waals surface area (Å²) in [5.74, 6) is 1.31. The summed E-state index contributed by atoms with van der Waals surface area (Å²) < 4.78 is 23.1. The molecule has 0 radical (unpaired) electrons. The molecule has 108 valence electrons. The number of nitrogens with zero attached hydrogens (tertiary/aromatic N) is 1. The van der Waals surface area contributed by atoms with E-state index in [9.17, 15) is 4.21 Å². The molecule has 0 aliphatic heterocycles. The van der Waals surface area contributed by atoms with Crippen molar-refractivity contribution in [2.24, 2.45) is 0 Å². The highest BCUT2D eigenvalue weighted by Gasteiger charge is 2.12. The summed E-state index contributed by atoms with van der Waals surface area (Å²) in [7, 11) is 0.331. The normalized spacial score (nSPS) is 12.4. The highest BCUT2D eigenvalue weighted by molar-refractivity contribution is 7.84. The van der Waals surface area contributed by atoms with Gasteiger partial charge in [-0.2, -0.15) is 0 Å². The van der Waals surface area contributed by atoms with Gasteiger partial charge < -0.3 is 14.9 Å². The lowest BCUT2D eigenvalue weighted by molar-refractivity contribution is 0.413. The third-order valence-corrected chi connectivity index (χ3v) is 4.30. The Balaban J connectivity index is 1.85. The van der Waals surface area contributed by atoms with Crippen LogP contribution in [0.5, 0.6) is 5.75 Å². The van der Waals surface area contributed by atoms with Gasteiger partial charge in [-0.05, 0) is 30.3 Å². The van der Waals surface area contributed by atoms with Crippen LogP contribution in [-0.2, 0) is 16.6 Å². The first kappa shape index (κ1) is 13.6. The summed E-state index contributed by atoms with van der Waals surface area (Å²) in [5, 5.41) is 0. The third kappa shape index (κ3) is 2.90. The Labute approximate surface area is 124 Å². The molecular formula is C15H14N2O3S. The Bertz CT molecular complexity index is 814. The number of oxazole rings is 1. The smallest absolute Gasteiger partial charge is 0.208 e. The van der Waals surface area contributed by atoms with E-state index in [2.05, 4.69) is 4.98 Å². The molecule has 1 atom stereocenters. The number of fused-ring (bicyclic) bond motifs is 1. The van der Waals surface area contributed by atoms with E-state index in [0.717, 1.165) is 0 Å². The van der Waals surface area contributed by atoms with Crippen LogP contribution < -0.4 is 10.5 Å². The van der Waals surface area contributed by atoms with E-state index in [0.29, 0.717) is 33.3 Å². The largest absolute Gasteiger partial charge is 0.497 e. The molecule has 0 aliphatic carbocycles. The molecule has 2 aromatic carbocycles. The summed E-state index contributed by atoms with van der Waals surface area (Å²) in [5.41, 5.74) is 7.62. The Hall–Kier alpha value is -2.34. The number of methoxy groups -OCH3 is 1. The van der Waals surface area contributed by atoms with E-state index in [1.165, 1.54) is 0 Å². The fraction of sp³-hybridized carbons (Fsp3) is 0.133. The van der Waals surface area contributed by atoms with Crippen LogP contribution in [-0.4, -0.2) is 16.3 Å². The Morgan fingerprint density at radius 1 is 1.29 bits per heavy atom. The minimum atomic E-state index is -1.25. The number of rotatable bonds is 4. The zero-order valence-corrected chi connectivity index (χ0v) is 12.2. The van der Waals surface area contributed by atoms with Gasteiger partial charge in [0, 0.05) is 16.6 Å². The van der Waals surface area contributed by atoms with Gasteiger partial charge in [0.05, 0.1) is 17.9 Å². The minimum Gasteiger partial charge on any atom is -0.497 e. The minimum absolute atomic E-state index is 0.210. The summed E-state index contributed by atoms with van der Waals surface area (Å²) in [6.07, 6.45) is 0. The van der Waals surface area contributed by atoms with Crippen molar-refractivity contribution in [2.75, 3.05) is 12.8 Å². The molecule has 0 amide bonds. The van der Waals surface area contributed by atoms with Crippen LogP contribution in [0.25, 0.3) is 11.1 Å². The molecule has 3 aromatic rings. The Kier molecular flexibility index (Phi) is 3.62. The van der Waals surface area contributed by atoms with Gasteiger partial charge in [0.1, 0.15) is 17.0 Å². The number of hydrogen-bond donors (Lipinski definition) is 1. The monoisotopic (exact) mass is 302 g/mol. The molecule has 0 aliphatic rings. The maximum absolute atomic E-state index is 12.4. The van der Waals surface area contributed by atoms with Crippen LogP contribution in [0.4, 0.5) is 5.69 Å². The van der Waals surface area contributed by atoms with Gasteiger partial charge in [-0.1, -0.05) is 6.07 Å². The SMILES string of the molecule is COc1cccc(S(=O)Cc2nc3ccc(N)cc3o2)c1. The second-order valence-corrected chi connectivity index (χ2v) is 5.95. The second kappa shape index (κ2) is 5.57. The van der Waals surface area contributed by atoms with E-state index >= 15 is 0 Å². The van der Waals surface area contributed by atoms with E-state index in [4.69, 9.17) is 14.9 Å². The second-order valence-electron chi connectivity index (χ2n) is 4.50. The molecule has 21 heavy (non-hydrogen) atoms. The molecule has 1 aromatic heterocycles. The van der Waals surface area contributed by atoms with Crippen molar-refractivity contribution in [1.29, 1.82) is 0 Å².